The molecule has 1 rings (SSSR count). The maximum Gasteiger partial charge on any atom is 0.230 e. The summed E-state index contributed by atoms with van der Waals surface area (Å²) in [6.45, 7) is 5.24. The van der Waals surface area contributed by atoms with Crippen LogP contribution < -0.4 is 5.73 Å². The SMILES string of the molecule is CC(C)N(CCCO)C(=O)C1(CN)CCC1. The number of hydrogen-bond donors (Lipinski definition) is 2. The van der Waals surface area contributed by atoms with Crippen molar-refractivity contribution in [2.24, 2.45) is 11.1 Å². The number of aliphatic hydroxyl groups is 1. The molecule has 0 aromatic carbocycles. The van der Waals surface area contributed by atoms with Gasteiger partial charge in [0.2, 0.25) is 5.91 Å². The van der Waals surface area contributed by atoms with Gasteiger partial charge in [-0.2, -0.15) is 0 Å². The van der Waals surface area contributed by atoms with Crippen molar-refractivity contribution in [3.63, 3.8) is 0 Å². The van der Waals surface area contributed by atoms with Gasteiger partial charge in [0.15, 0.2) is 0 Å². The van der Waals surface area contributed by atoms with Gasteiger partial charge in [-0.1, -0.05) is 6.42 Å². The van der Waals surface area contributed by atoms with Crippen LogP contribution in [-0.2, 0) is 4.79 Å². The van der Waals surface area contributed by atoms with Gasteiger partial charge in [-0.05, 0) is 33.1 Å². The third-order valence-corrected chi connectivity index (χ3v) is 3.60. The average Bonchev–Trinajstić information content (AvgIpc) is 2.17. The van der Waals surface area contributed by atoms with Gasteiger partial charge in [-0.15, -0.1) is 0 Å². The Morgan fingerprint density at radius 1 is 1.50 bits per heavy atom. The molecule has 1 aliphatic carbocycles. The van der Waals surface area contributed by atoms with Crippen LogP contribution >= 0.6 is 0 Å². The van der Waals surface area contributed by atoms with Gasteiger partial charge in [-0.3, -0.25) is 4.79 Å². The van der Waals surface area contributed by atoms with Gasteiger partial charge >= 0.3 is 0 Å². The first-order valence-electron chi connectivity index (χ1n) is 6.19. The van der Waals surface area contributed by atoms with E-state index in [4.69, 9.17) is 10.8 Å². The summed E-state index contributed by atoms with van der Waals surface area (Å²) >= 11 is 0. The fraction of sp³-hybridized carbons (Fsp3) is 0.917. The second-order valence-corrected chi connectivity index (χ2v) is 5.01. The molecule has 94 valence electrons. The fourth-order valence-electron chi connectivity index (χ4n) is 2.25. The predicted molar refractivity (Wildman–Crippen MR) is 63.9 cm³/mol. The molecule has 1 aliphatic rings. The van der Waals surface area contributed by atoms with Crippen LogP contribution in [0.5, 0.6) is 0 Å². The van der Waals surface area contributed by atoms with E-state index in [2.05, 4.69) is 0 Å². The Morgan fingerprint density at radius 3 is 2.44 bits per heavy atom. The zero-order chi connectivity index (χ0) is 12.2. The molecule has 1 saturated carbocycles. The number of rotatable bonds is 6. The maximum atomic E-state index is 12.4. The smallest absolute Gasteiger partial charge is 0.230 e. The molecular weight excluding hydrogens is 204 g/mol. The molecule has 4 nitrogen and oxygen atoms in total. The molecule has 0 aromatic rings. The molecule has 0 spiro atoms. The largest absolute Gasteiger partial charge is 0.396 e. The van der Waals surface area contributed by atoms with Gasteiger partial charge in [0.05, 0.1) is 5.41 Å². The highest BCUT2D eigenvalue weighted by molar-refractivity contribution is 5.84. The summed E-state index contributed by atoms with van der Waals surface area (Å²) in [6.07, 6.45) is 3.59. The first kappa shape index (κ1) is 13.5. The van der Waals surface area contributed by atoms with Gasteiger partial charge in [0.25, 0.3) is 0 Å². The average molecular weight is 228 g/mol. The van der Waals surface area contributed by atoms with E-state index in [1.165, 1.54) is 0 Å². The minimum Gasteiger partial charge on any atom is -0.396 e. The molecule has 1 amide bonds. The van der Waals surface area contributed by atoms with Crippen LogP contribution in [0, 0.1) is 5.41 Å². The number of amides is 1. The summed E-state index contributed by atoms with van der Waals surface area (Å²) in [5.41, 5.74) is 5.45. The van der Waals surface area contributed by atoms with Gasteiger partial charge < -0.3 is 15.7 Å². The van der Waals surface area contributed by atoms with Crippen LogP contribution in [0.15, 0.2) is 0 Å². The van der Waals surface area contributed by atoms with Gasteiger partial charge in [0.1, 0.15) is 0 Å². The van der Waals surface area contributed by atoms with Crippen LogP contribution in [-0.4, -0.2) is 41.7 Å². The fourth-order valence-corrected chi connectivity index (χ4v) is 2.25. The minimum absolute atomic E-state index is 0.131. The van der Waals surface area contributed by atoms with E-state index in [1.807, 2.05) is 18.7 Å². The van der Waals surface area contributed by atoms with Crippen LogP contribution in [0.4, 0.5) is 0 Å². The summed E-state index contributed by atoms with van der Waals surface area (Å²) in [6, 6.07) is 0.183. The molecular formula is C12H24N2O2. The van der Waals surface area contributed by atoms with Crippen molar-refractivity contribution in [2.45, 2.75) is 45.6 Å². The molecule has 0 bridgehead atoms. The van der Waals surface area contributed by atoms with E-state index < -0.39 is 0 Å². The van der Waals surface area contributed by atoms with E-state index in [0.29, 0.717) is 19.5 Å². The summed E-state index contributed by atoms with van der Waals surface area (Å²) in [7, 11) is 0. The normalized spacial score (nSPS) is 18.3. The lowest BCUT2D eigenvalue weighted by Crippen LogP contribution is -2.54. The number of nitrogens with two attached hydrogens (primary N) is 1. The lowest BCUT2D eigenvalue weighted by Gasteiger charge is -2.44. The molecule has 0 aliphatic heterocycles. The van der Waals surface area contributed by atoms with Gasteiger partial charge in [0, 0.05) is 25.7 Å². The standard InChI is InChI=1S/C12H24N2O2/c1-10(2)14(7-4-8-15)11(16)12(9-13)5-3-6-12/h10,15H,3-9,13H2,1-2H3. The summed E-state index contributed by atoms with van der Waals surface area (Å²) in [5.74, 6) is 0.185. The van der Waals surface area contributed by atoms with Crippen molar-refractivity contribution >= 4 is 5.91 Å². The van der Waals surface area contributed by atoms with E-state index in [-0.39, 0.29) is 24.0 Å². The number of carbonyl (C=O) groups is 1. The molecule has 0 radical (unpaired) electrons. The molecule has 16 heavy (non-hydrogen) atoms. The highest BCUT2D eigenvalue weighted by Gasteiger charge is 2.45. The number of hydrogen-bond acceptors (Lipinski definition) is 3. The summed E-state index contributed by atoms with van der Waals surface area (Å²) in [4.78, 5) is 14.3. The summed E-state index contributed by atoms with van der Waals surface area (Å²) in [5, 5.41) is 8.85. The Balaban J connectivity index is 2.66. The van der Waals surface area contributed by atoms with Crippen molar-refractivity contribution in [1.82, 2.24) is 4.90 Å². The second-order valence-electron chi connectivity index (χ2n) is 5.01. The van der Waals surface area contributed by atoms with Crippen LogP contribution in [0.2, 0.25) is 0 Å². The number of carbonyl (C=O) groups excluding carboxylic acids is 1. The Kier molecular flexibility index (Phi) is 4.74. The summed E-state index contributed by atoms with van der Waals surface area (Å²) < 4.78 is 0. The minimum atomic E-state index is -0.292. The molecule has 1 fully saturated rings. The molecule has 3 N–H and O–H groups in total. The Morgan fingerprint density at radius 2 is 2.12 bits per heavy atom. The van der Waals surface area contributed by atoms with E-state index in [9.17, 15) is 4.79 Å². The van der Waals surface area contributed by atoms with E-state index in [1.54, 1.807) is 0 Å². The van der Waals surface area contributed by atoms with E-state index in [0.717, 1.165) is 19.3 Å². The highest BCUT2D eigenvalue weighted by Crippen LogP contribution is 2.41. The molecule has 0 atom stereocenters. The third-order valence-electron chi connectivity index (χ3n) is 3.60. The number of nitrogens with zero attached hydrogens (tertiary/aromatic N) is 1. The quantitative estimate of drug-likeness (QED) is 0.704. The van der Waals surface area contributed by atoms with Gasteiger partial charge in [-0.25, -0.2) is 0 Å². The first-order chi connectivity index (χ1) is 7.57. The molecule has 0 heterocycles. The third kappa shape index (κ3) is 2.55. The predicted octanol–water partition coefficient (Wildman–Crippen LogP) is 0.735. The second kappa shape index (κ2) is 5.64. The number of aliphatic hydroxyl groups excluding tert-OH is 1. The zero-order valence-electron chi connectivity index (χ0n) is 10.4. The lowest BCUT2D eigenvalue weighted by molar-refractivity contribution is -0.148. The molecule has 0 aromatic heterocycles. The van der Waals surface area contributed by atoms with Crippen molar-refractivity contribution in [2.75, 3.05) is 19.7 Å². The van der Waals surface area contributed by atoms with Crippen LogP contribution in [0.1, 0.15) is 39.5 Å². The molecule has 0 saturated heterocycles. The lowest BCUT2D eigenvalue weighted by atomic mass is 9.67. The van der Waals surface area contributed by atoms with Crippen LogP contribution in [0.3, 0.4) is 0 Å². The Labute approximate surface area is 97.8 Å². The molecule has 0 unspecified atom stereocenters. The van der Waals surface area contributed by atoms with Crippen molar-refractivity contribution in [3.8, 4) is 0 Å². The molecule has 4 heteroatoms. The van der Waals surface area contributed by atoms with Crippen molar-refractivity contribution < 1.29 is 9.90 Å². The topological polar surface area (TPSA) is 66.6 Å². The van der Waals surface area contributed by atoms with Crippen molar-refractivity contribution in [1.29, 1.82) is 0 Å². The Hall–Kier alpha value is -0.610. The Bertz CT molecular complexity index is 232. The monoisotopic (exact) mass is 228 g/mol. The van der Waals surface area contributed by atoms with Crippen molar-refractivity contribution in [3.05, 3.63) is 0 Å². The van der Waals surface area contributed by atoms with Crippen LogP contribution in [0.25, 0.3) is 0 Å². The maximum absolute atomic E-state index is 12.4. The first-order valence-corrected chi connectivity index (χ1v) is 6.19. The highest BCUT2D eigenvalue weighted by atomic mass is 16.3. The zero-order valence-corrected chi connectivity index (χ0v) is 10.4. The van der Waals surface area contributed by atoms with E-state index >= 15 is 0 Å².